The summed E-state index contributed by atoms with van der Waals surface area (Å²) < 4.78 is 0. The lowest BCUT2D eigenvalue weighted by molar-refractivity contribution is -0.121. The molecule has 0 heterocycles. The zero-order valence-electron chi connectivity index (χ0n) is 9.42. The van der Waals surface area contributed by atoms with E-state index in [1.807, 2.05) is 0 Å². The van der Waals surface area contributed by atoms with Crippen molar-refractivity contribution in [3.8, 4) is 0 Å². The standard InChI is InChI=1S/C11H21NO2S/c1-10(13)6-4-2-3-5-7-11(14)12-8-9-15/h15H,2-9H2,1H3,(H,12,14). The van der Waals surface area contributed by atoms with E-state index in [9.17, 15) is 9.59 Å². The van der Waals surface area contributed by atoms with E-state index in [0.29, 0.717) is 25.1 Å². The van der Waals surface area contributed by atoms with Crippen LogP contribution in [-0.2, 0) is 9.59 Å². The molecule has 88 valence electrons. The maximum absolute atomic E-state index is 11.1. The first kappa shape index (κ1) is 14.5. The predicted molar refractivity (Wildman–Crippen MR) is 65.2 cm³/mol. The Morgan fingerprint density at radius 2 is 1.67 bits per heavy atom. The van der Waals surface area contributed by atoms with Gasteiger partial charge in [0.25, 0.3) is 0 Å². The molecule has 0 rings (SSSR count). The topological polar surface area (TPSA) is 46.2 Å². The first-order valence-corrected chi connectivity index (χ1v) is 6.17. The van der Waals surface area contributed by atoms with Crippen molar-refractivity contribution in [2.45, 2.75) is 45.4 Å². The number of nitrogens with one attached hydrogen (secondary N) is 1. The van der Waals surface area contributed by atoms with Gasteiger partial charge in [0.1, 0.15) is 5.78 Å². The van der Waals surface area contributed by atoms with Crippen molar-refractivity contribution in [3.05, 3.63) is 0 Å². The van der Waals surface area contributed by atoms with Crippen LogP contribution in [0.2, 0.25) is 0 Å². The highest BCUT2D eigenvalue weighted by Crippen LogP contribution is 2.05. The monoisotopic (exact) mass is 231 g/mol. The van der Waals surface area contributed by atoms with Gasteiger partial charge in [-0.3, -0.25) is 4.79 Å². The molecule has 0 aromatic carbocycles. The molecule has 0 atom stereocenters. The molecule has 0 fully saturated rings. The van der Waals surface area contributed by atoms with Gasteiger partial charge < -0.3 is 10.1 Å². The Labute approximate surface area is 97.4 Å². The summed E-state index contributed by atoms with van der Waals surface area (Å²) in [4.78, 5) is 21.8. The summed E-state index contributed by atoms with van der Waals surface area (Å²) in [6.07, 6.45) is 5.20. The lowest BCUT2D eigenvalue weighted by Gasteiger charge is -2.02. The van der Waals surface area contributed by atoms with Crippen LogP contribution in [0, 0.1) is 0 Å². The van der Waals surface area contributed by atoms with Crippen LogP contribution in [0.15, 0.2) is 0 Å². The van der Waals surface area contributed by atoms with Gasteiger partial charge in [0.2, 0.25) is 5.91 Å². The molecule has 0 aliphatic carbocycles. The minimum atomic E-state index is 0.107. The van der Waals surface area contributed by atoms with Crippen LogP contribution in [0.4, 0.5) is 0 Å². The summed E-state index contributed by atoms with van der Waals surface area (Å²) in [6, 6.07) is 0. The fourth-order valence-electron chi connectivity index (χ4n) is 1.30. The summed E-state index contributed by atoms with van der Waals surface area (Å²) in [6.45, 7) is 2.26. The summed E-state index contributed by atoms with van der Waals surface area (Å²) in [5.41, 5.74) is 0. The average molecular weight is 231 g/mol. The summed E-state index contributed by atoms with van der Waals surface area (Å²) >= 11 is 4.00. The molecule has 0 bridgehead atoms. The van der Waals surface area contributed by atoms with Crippen LogP contribution in [0.5, 0.6) is 0 Å². The van der Waals surface area contributed by atoms with Crippen molar-refractivity contribution >= 4 is 24.3 Å². The Morgan fingerprint density at radius 3 is 2.20 bits per heavy atom. The van der Waals surface area contributed by atoms with Crippen LogP contribution in [0.1, 0.15) is 45.4 Å². The van der Waals surface area contributed by atoms with E-state index in [2.05, 4.69) is 17.9 Å². The van der Waals surface area contributed by atoms with Gasteiger partial charge in [-0.15, -0.1) is 0 Å². The average Bonchev–Trinajstić information content (AvgIpc) is 2.19. The molecule has 0 aliphatic rings. The van der Waals surface area contributed by atoms with Crippen LogP contribution >= 0.6 is 12.6 Å². The maximum atomic E-state index is 11.1. The zero-order valence-corrected chi connectivity index (χ0v) is 10.3. The third-order valence-corrected chi connectivity index (χ3v) is 2.34. The molecule has 4 heteroatoms. The van der Waals surface area contributed by atoms with Gasteiger partial charge in [0.05, 0.1) is 0 Å². The van der Waals surface area contributed by atoms with Crippen LogP contribution in [0.3, 0.4) is 0 Å². The van der Waals surface area contributed by atoms with Crippen molar-refractivity contribution in [2.24, 2.45) is 0 Å². The van der Waals surface area contributed by atoms with Gasteiger partial charge in [-0.2, -0.15) is 12.6 Å². The first-order chi connectivity index (χ1) is 7.16. The van der Waals surface area contributed by atoms with Crippen LogP contribution in [0.25, 0.3) is 0 Å². The normalized spacial score (nSPS) is 10.0. The molecule has 0 aliphatic heterocycles. The zero-order chi connectivity index (χ0) is 11.5. The van der Waals surface area contributed by atoms with Crippen LogP contribution in [-0.4, -0.2) is 24.0 Å². The highest BCUT2D eigenvalue weighted by atomic mass is 32.1. The quantitative estimate of drug-likeness (QED) is 0.471. The molecule has 1 N–H and O–H groups in total. The van der Waals surface area contributed by atoms with Crippen LogP contribution < -0.4 is 5.32 Å². The second-order valence-electron chi connectivity index (χ2n) is 3.69. The molecule has 0 aromatic rings. The first-order valence-electron chi connectivity index (χ1n) is 5.54. The number of carbonyl (C=O) groups excluding carboxylic acids is 2. The molecule has 0 spiro atoms. The second kappa shape index (κ2) is 10.0. The van der Waals surface area contributed by atoms with E-state index in [4.69, 9.17) is 0 Å². The maximum Gasteiger partial charge on any atom is 0.220 e. The number of Topliss-reactive ketones (excluding diaryl/α,β-unsaturated/α-hetero) is 1. The fourth-order valence-corrected chi connectivity index (χ4v) is 1.41. The van der Waals surface area contributed by atoms with E-state index in [1.165, 1.54) is 0 Å². The second-order valence-corrected chi connectivity index (χ2v) is 4.14. The van der Waals surface area contributed by atoms with Crippen molar-refractivity contribution < 1.29 is 9.59 Å². The molecular weight excluding hydrogens is 210 g/mol. The van der Waals surface area contributed by atoms with Gasteiger partial charge in [0, 0.05) is 25.1 Å². The number of rotatable bonds is 9. The van der Waals surface area contributed by atoms with Gasteiger partial charge in [-0.05, 0) is 19.8 Å². The largest absolute Gasteiger partial charge is 0.355 e. The molecule has 0 radical (unpaired) electrons. The minimum Gasteiger partial charge on any atom is -0.355 e. The molecule has 0 saturated heterocycles. The predicted octanol–water partition coefficient (Wildman–Crippen LogP) is 1.96. The number of thiol groups is 1. The van der Waals surface area contributed by atoms with E-state index in [1.54, 1.807) is 6.92 Å². The van der Waals surface area contributed by atoms with Gasteiger partial charge in [0.15, 0.2) is 0 Å². The number of carbonyl (C=O) groups is 2. The van der Waals surface area contributed by atoms with Crippen molar-refractivity contribution in [2.75, 3.05) is 12.3 Å². The molecule has 0 saturated carbocycles. The van der Waals surface area contributed by atoms with E-state index in [0.717, 1.165) is 25.7 Å². The fraction of sp³-hybridized carbons (Fsp3) is 0.818. The Balaban J connectivity index is 3.16. The molecule has 3 nitrogen and oxygen atoms in total. The van der Waals surface area contributed by atoms with Crippen molar-refractivity contribution in [1.29, 1.82) is 0 Å². The lowest BCUT2D eigenvalue weighted by atomic mass is 10.1. The van der Waals surface area contributed by atoms with Gasteiger partial charge in [-0.25, -0.2) is 0 Å². The third kappa shape index (κ3) is 11.4. The van der Waals surface area contributed by atoms with Crippen molar-refractivity contribution in [1.82, 2.24) is 5.32 Å². The Kier molecular flexibility index (Phi) is 9.68. The highest BCUT2D eigenvalue weighted by Gasteiger charge is 1.99. The SMILES string of the molecule is CC(=O)CCCCCCC(=O)NCCS. The van der Waals surface area contributed by atoms with E-state index in [-0.39, 0.29) is 11.7 Å². The number of unbranched alkanes of at least 4 members (excludes halogenated alkanes) is 3. The van der Waals surface area contributed by atoms with Gasteiger partial charge >= 0.3 is 0 Å². The molecule has 15 heavy (non-hydrogen) atoms. The minimum absolute atomic E-state index is 0.107. The van der Waals surface area contributed by atoms with Gasteiger partial charge in [-0.1, -0.05) is 12.8 Å². The number of ketones is 1. The number of hydrogen-bond donors (Lipinski definition) is 2. The summed E-state index contributed by atoms with van der Waals surface area (Å²) in [7, 11) is 0. The summed E-state index contributed by atoms with van der Waals surface area (Å²) in [5, 5.41) is 2.77. The highest BCUT2D eigenvalue weighted by molar-refractivity contribution is 7.80. The molecule has 1 amide bonds. The molecular formula is C11H21NO2S. The summed E-state index contributed by atoms with van der Waals surface area (Å²) in [5.74, 6) is 1.04. The van der Waals surface area contributed by atoms with E-state index < -0.39 is 0 Å². The smallest absolute Gasteiger partial charge is 0.220 e. The molecule has 0 aromatic heterocycles. The third-order valence-electron chi connectivity index (χ3n) is 2.12. The van der Waals surface area contributed by atoms with E-state index >= 15 is 0 Å². The molecule has 0 unspecified atom stereocenters. The Bertz CT molecular complexity index is 195. The Hall–Kier alpha value is -0.510. The lowest BCUT2D eigenvalue weighted by Crippen LogP contribution is -2.24. The Morgan fingerprint density at radius 1 is 1.07 bits per heavy atom. The number of amides is 1. The van der Waals surface area contributed by atoms with Crippen molar-refractivity contribution in [3.63, 3.8) is 0 Å². The number of hydrogen-bond acceptors (Lipinski definition) is 3.